The third-order valence-corrected chi connectivity index (χ3v) is 1.57. The van der Waals surface area contributed by atoms with E-state index in [1.807, 2.05) is 20.8 Å². The molecular formula is C9H13FN2. The van der Waals surface area contributed by atoms with E-state index in [1.165, 1.54) is 6.20 Å². The predicted octanol–water partition coefficient (Wildman–Crippen LogP) is 2.22. The standard InChI is InChI=1S/C9H13FN2/c1-6-11-5-7(10)8(12-6)9(2,3)4/h5H,1-4H3. The number of aryl methyl sites for hydroxylation is 1. The first-order chi connectivity index (χ1) is 5.41. The summed E-state index contributed by atoms with van der Waals surface area (Å²) in [6, 6.07) is 0. The molecule has 1 rings (SSSR count). The Morgan fingerprint density at radius 3 is 2.33 bits per heavy atom. The van der Waals surface area contributed by atoms with Gasteiger partial charge in [-0.25, -0.2) is 14.4 Å². The number of hydrogen-bond acceptors (Lipinski definition) is 2. The van der Waals surface area contributed by atoms with Gasteiger partial charge < -0.3 is 0 Å². The van der Waals surface area contributed by atoms with Crippen molar-refractivity contribution < 1.29 is 4.39 Å². The predicted molar refractivity (Wildman–Crippen MR) is 45.4 cm³/mol. The van der Waals surface area contributed by atoms with E-state index in [1.54, 1.807) is 6.92 Å². The molecular weight excluding hydrogens is 155 g/mol. The molecule has 0 fully saturated rings. The number of halogens is 1. The van der Waals surface area contributed by atoms with E-state index in [-0.39, 0.29) is 11.2 Å². The fourth-order valence-electron chi connectivity index (χ4n) is 0.981. The second kappa shape index (κ2) is 2.81. The van der Waals surface area contributed by atoms with Gasteiger partial charge in [0.2, 0.25) is 0 Å². The lowest BCUT2D eigenvalue weighted by Crippen LogP contribution is -2.17. The molecule has 0 aliphatic rings. The fourth-order valence-corrected chi connectivity index (χ4v) is 0.981. The third-order valence-electron chi connectivity index (χ3n) is 1.57. The highest BCUT2D eigenvalue weighted by Crippen LogP contribution is 2.21. The average molecular weight is 168 g/mol. The van der Waals surface area contributed by atoms with Gasteiger partial charge in [-0.05, 0) is 6.92 Å². The van der Waals surface area contributed by atoms with Crippen LogP contribution in [0, 0.1) is 12.7 Å². The second-order valence-corrected chi connectivity index (χ2v) is 3.86. The van der Waals surface area contributed by atoms with E-state index in [0.29, 0.717) is 11.5 Å². The van der Waals surface area contributed by atoms with Crippen molar-refractivity contribution in [3.8, 4) is 0 Å². The Bertz CT molecular complexity index is 289. The van der Waals surface area contributed by atoms with Crippen LogP contribution in [-0.2, 0) is 5.41 Å². The van der Waals surface area contributed by atoms with E-state index in [9.17, 15) is 4.39 Å². The van der Waals surface area contributed by atoms with Crippen molar-refractivity contribution >= 4 is 0 Å². The molecule has 3 heteroatoms. The fraction of sp³-hybridized carbons (Fsp3) is 0.556. The summed E-state index contributed by atoms with van der Waals surface area (Å²) >= 11 is 0. The molecule has 2 nitrogen and oxygen atoms in total. The van der Waals surface area contributed by atoms with E-state index in [4.69, 9.17) is 0 Å². The van der Waals surface area contributed by atoms with Crippen LogP contribution in [0.3, 0.4) is 0 Å². The smallest absolute Gasteiger partial charge is 0.163 e. The summed E-state index contributed by atoms with van der Waals surface area (Å²) in [5.74, 6) is 0.287. The minimum atomic E-state index is -0.326. The monoisotopic (exact) mass is 168 g/mol. The van der Waals surface area contributed by atoms with E-state index >= 15 is 0 Å². The maximum Gasteiger partial charge on any atom is 0.163 e. The van der Waals surface area contributed by atoms with Crippen LogP contribution >= 0.6 is 0 Å². The van der Waals surface area contributed by atoms with Gasteiger partial charge in [-0.2, -0.15) is 0 Å². The van der Waals surface area contributed by atoms with Crippen molar-refractivity contribution in [3.63, 3.8) is 0 Å². The topological polar surface area (TPSA) is 25.8 Å². The van der Waals surface area contributed by atoms with Gasteiger partial charge in [0.05, 0.1) is 11.9 Å². The van der Waals surface area contributed by atoms with E-state index in [2.05, 4.69) is 9.97 Å². The molecule has 0 amide bonds. The number of nitrogens with zero attached hydrogens (tertiary/aromatic N) is 2. The Kier molecular flexibility index (Phi) is 2.13. The van der Waals surface area contributed by atoms with Crippen LogP contribution < -0.4 is 0 Å². The van der Waals surface area contributed by atoms with Crippen molar-refractivity contribution in [1.29, 1.82) is 0 Å². The zero-order valence-corrected chi connectivity index (χ0v) is 7.85. The molecule has 0 aliphatic carbocycles. The summed E-state index contributed by atoms with van der Waals surface area (Å²) in [4.78, 5) is 7.82. The molecule has 1 heterocycles. The van der Waals surface area contributed by atoms with Gasteiger partial charge in [-0.1, -0.05) is 20.8 Å². The largest absolute Gasteiger partial charge is 0.239 e. The molecule has 1 aromatic heterocycles. The van der Waals surface area contributed by atoms with Gasteiger partial charge in [0.1, 0.15) is 5.82 Å². The molecule has 0 aromatic carbocycles. The average Bonchev–Trinajstić information content (AvgIpc) is 1.92. The Labute approximate surface area is 71.9 Å². The van der Waals surface area contributed by atoms with E-state index < -0.39 is 0 Å². The minimum Gasteiger partial charge on any atom is -0.239 e. The van der Waals surface area contributed by atoms with Crippen molar-refractivity contribution in [1.82, 2.24) is 9.97 Å². The van der Waals surface area contributed by atoms with Gasteiger partial charge >= 0.3 is 0 Å². The molecule has 12 heavy (non-hydrogen) atoms. The normalized spacial score (nSPS) is 11.8. The summed E-state index contributed by atoms with van der Waals surface area (Å²) in [7, 11) is 0. The number of hydrogen-bond donors (Lipinski definition) is 0. The van der Waals surface area contributed by atoms with Gasteiger partial charge in [-0.3, -0.25) is 0 Å². The molecule has 1 aromatic rings. The van der Waals surface area contributed by atoms with Crippen molar-refractivity contribution in [3.05, 3.63) is 23.5 Å². The first-order valence-electron chi connectivity index (χ1n) is 3.91. The lowest BCUT2D eigenvalue weighted by atomic mass is 9.91. The molecule has 0 N–H and O–H groups in total. The summed E-state index contributed by atoms with van der Waals surface area (Å²) in [5, 5.41) is 0. The maximum atomic E-state index is 13.1. The first-order valence-corrected chi connectivity index (χ1v) is 3.91. The quantitative estimate of drug-likeness (QED) is 0.593. The molecule has 0 spiro atoms. The van der Waals surface area contributed by atoms with Crippen LogP contribution in [0.15, 0.2) is 6.20 Å². The summed E-state index contributed by atoms with van der Waals surface area (Å²) in [6.45, 7) is 7.54. The molecule has 0 atom stereocenters. The molecule has 0 saturated heterocycles. The molecule has 0 aliphatic heterocycles. The van der Waals surface area contributed by atoms with Gasteiger partial charge in [0, 0.05) is 5.41 Å². The van der Waals surface area contributed by atoms with Crippen LogP contribution in [0.4, 0.5) is 4.39 Å². The van der Waals surface area contributed by atoms with Crippen molar-refractivity contribution in [2.24, 2.45) is 0 Å². The Morgan fingerprint density at radius 2 is 1.92 bits per heavy atom. The zero-order chi connectivity index (χ0) is 9.35. The van der Waals surface area contributed by atoms with Gasteiger partial charge in [-0.15, -0.1) is 0 Å². The van der Waals surface area contributed by atoms with E-state index in [0.717, 1.165) is 0 Å². The van der Waals surface area contributed by atoms with Crippen molar-refractivity contribution in [2.75, 3.05) is 0 Å². The molecule has 0 saturated carbocycles. The Morgan fingerprint density at radius 1 is 1.33 bits per heavy atom. The minimum absolute atomic E-state index is 0.252. The summed E-state index contributed by atoms with van der Waals surface area (Å²) in [5.41, 5.74) is 0.229. The molecule has 0 bridgehead atoms. The van der Waals surface area contributed by atoms with Gasteiger partial charge in [0.15, 0.2) is 5.82 Å². The Hall–Kier alpha value is -0.990. The summed E-state index contributed by atoms with van der Waals surface area (Å²) < 4.78 is 13.1. The highest BCUT2D eigenvalue weighted by atomic mass is 19.1. The van der Waals surface area contributed by atoms with Crippen LogP contribution in [0.2, 0.25) is 0 Å². The molecule has 66 valence electrons. The number of aromatic nitrogens is 2. The SMILES string of the molecule is Cc1ncc(F)c(C(C)(C)C)n1. The van der Waals surface area contributed by atoms with Crippen molar-refractivity contribution in [2.45, 2.75) is 33.1 Å². The Balaban J connectivity index is 3.23. The van der Waals surface area contributed by atoms with Crippen LogP contribution in [-0.4, -0.2) is 9.97 Å². The lowest BCUT2D eigenvalue weighted by Gasteiger charge is -2.17. The zero-order valence-electron chi connectivity index (χ0n) is 7.85. The lowest BCUT2D eigenvalue weighted by molar-refractivity contribution is 0.495. The molecule has 0 radical (unpaired) electrons. The maximum absolute atomic E-state index is 13.1. The van der Waals surface area contributed by atoms with Crippen LogP contribution in [0.5, 0.6) is 0 Å². The van der Waals surface area contributed by atoms with Crippen LogP contribution in [0.25, 0.3) is 0 Å². The third kappa shape index (κ3) is 1.78. The number of rotatable bonds is 0. The molecule has 0 unspecified atom stereocenters. The highest BCUT2D eigenvalue weighted by molar-refractivity contribution is 5.14. The highest BCUT2D eigenvalue weighted by Gasteiger charge is 2.20. The summed E-state index contributed by atoms with van der Waals surface area (Å²) in [6.07, 6.45) is 1.23. The first kappa shape index (κ1) is 9.10. The van der Waals surface area contributed by atoms with Crippen LogP contribution in [0.1, 0.15) is 32.3 Å². The second-order valence-electron chi connectivity index (χ2n) is 3.86. The van der Waals surface area contributed by atoms with Gasteiger partial charge in [0.25, 0.3) is 0 Å².